The molecule has 1 aromatic rings. The number of carbonyl (C=O) groups excluding carboxylic acids is 3. The summed E-state index contributed by atoms with van der Waals surface area (Å²) in [5.41, 5.74) is 2.33. The van der Waals surface area contributed by atoms with Crippen LogP contribution < -0.4 is 10.2 Å². The Balaban J connectivity index is 1.49. The highest BCUT2D eigenvalue weighted by atomic mass is 16.6. The minimum atomic E-state index is -0.553. The van der Waals surface area contributed by atoms with Gasteiger partial charge in [-0.15, -0.1) is 0 Å². The van der Waals surface area contributed by atoms with Crippen LogP contribution in [0.25, 0.3) is 0 Å². The third-order valence-electron chi connectivity index (χ3n) is 6.50. The maximum Gasteiger partial charge on any atom is 0.410 e. The molecule has 162 valence electrons. The lowest BCUT2D eigenvalue weighted by Gasteiger charge is -2.41. The van der Waals surface area contributed by atoms with E-state index in [0.29, 0.717) is 25.9 Å². The second-order valence-corrected chi connectivity index (χ2v) is 9.77. The molecule has 3 amide bonds. The zero-order valence-corrected chi connectivity index (χ0v) is 18.3. The molecule has 1 unspecified atom stereocenters. The third-order valence-corrected chi connectivity index (χ3v) is 6.50. The number of rotatable bonds is 1. The van der Waals surface area contributed by atoms with Gasteiger partial charge in [-0.3, -0.25) is 14.9 Å². The topological polar surface area (TPSA) is 79.0 Å². The van der Waals surface area contributed by atoms with Crippen LogP contribution in [0.1, 0.15) is 58.1 Å². The number of hydrogen-bond acceptors (Lipinski definition) is 5. The van der Waals surface area contributed by atoms with Gasteiger partial charge in [-0.1, -0.05) is 6.07 Å². The monoisotopic (exact) mass is 413 g/mol. The standard InChI is InChI=1S/C23H31N3O4/c1-15-14-25(21(29)30-22(2,3)4)11-12-26(15)17-5-6-18-16(13-17)7-9-23(18)10-8-19(27)24-20(23)28/h5-6,13,15H,7-12,14H2,1-4H3,(H,24,27,28)/t15-,23?/m1/s1. The molecule has 2 heterocycles. The van der Waals surface area contributed by atoms with Gasteiger partial charge in [0.05, 0.1) is 5.41 Å². The summed E-state index contributed by atoms with van der Waals surface area (Å²) < 4.78 is 5.51. The second kappa shape index (κ2) is 7.29. The number of carbonyl (C=O) groups is 3. The van der Waals surface area contributed by atoms with Crippen LogP contribution in [0.15, 0.2) is 18.2 Å². The molecule has 2 aliphatic heterocycles. The zero-order valence-electron chi connectivity index (χ0n) is 18.3. The molecular formula is C23H31N3O4. The van der Waals surface area contributed by atoms with Crippen LogP contribution in [0.5, 0.6) is 0 Å². The summed E-state index contributed by atoms with van der Waals surface area (Å²) in [6, 6.07) is 6.50. The Morgan fingerprint density at radius 1 is 1.17 bits per heavy atom. The number of benzene rings is 1. The van der Waals surface area contributed by atoms with Gasteiger partial charge >= 0.3 is 6.09 Å². The summed E-state index contributed by atoms with van der Waals surface area (Å²) in [6.45, 7) is 9.72. The number of aryl methyl sites for hydroxylation is 1. The van der Waals surface area contributed by atoms with Gasteiger partial charge in [0, 0.05) is 37.8 Å². The van der Waals surface area contributed by atoms with Crippen molar-refractivity contribution in [1.82, 2.24) is 10.2 Å². The molecule has 7 heteroatoms. The Kier molecular flexibility index (Phi) is 5.03. The van der Waals surface area contributed by atoms with Gasteiger partial charge in [0.15, 0.2) is 0 Å². The first-order valence-corrected chi connectivity index (χ1v) is 10.8. The summed E-state index contributed by atoms with van der Waals surface area (Å²) >= 11 is 0. The lowest BCUT2D eigenvalue weighted by atomic mass is 9.75. The molecule has 1 aliphatic carbocycles. The minimum absolute atomic E-state index is 0.149. The van der Waals surface area contributed by atoms with E-state index in [9.17, 15) is 14.4 Å². The quantitative estimate of drug-likeness (QED) is 0.717. The fraction of sp³-hybridized carbons (Fsp3) is 0.609. The first-order valence-electron chi connectivity index (χ1n) is 10.8. The van der Waals surface area contributed by atoms with Crippen LogP contribution in [0.2, 0.25) is 0 Å². The SMILES string of the molecule is C[C@@H]1CN(C(=O)OC(C)(C)C)CCN1c1ccc2c(c1)CCC21CCC(=O)NC1=O. The summed E-state index contributed by atoms with van der Waals surface area (Å²) in [7, 11) is 0. The predicted molar refractivity (Wildman–Crippen MR) is 113 cm³/mol. The van der Waals surface area contributed by atoms with Crippen molar-refractivity contribution >= 4 is 23.6 Å². The molecule has 7 nitrogen and oxygen atoms in total. The van der Waals surface area contributed by atoms with Crippen LogP contribution in [0, 0.1) is 0 Å². The molecule has 2 fully saturated rings. The number of imide groups is 1. The summed E-state index contributed by atoms with van der Waals surface area (Å²) in [4.78, 5) is 40.7. The lowest BCUT2D eigenvalue weighted by molar-refractivity contribution is -0.137. The molecule has 0 bridgehead atoms. The molecule has 2 saturated heterocycles. The molecule has 2 atom stereocenters. The Labute approximate surface area is 177 Å². The number of hydrogen-bond donors (Lipinski definition) is 1. The average Bonchev–Trinajstić information content (AvgIpc) is 3.02. The van der Waals surface area contributed by atoms with Gasteiger partial charge in [0.2, 0.25) is 11.8 Å². The van der Waals surface area contributed by atoms with Crippen molar-refractivity contribution < 1.29 is 19.1 Å². The summed E-state index contributed by atoms with van der Waals surface area (Å²) in [5.74, 6) is -0.322. The Bertz CT molecular complexity index is 891. The maximum absolute atomic E-state index is 12.6. The maximum atomic E-state index is 12.6. The largest absolute Gasteiger partial charge is 0.444 e. The summed E-state index contributed by atoms with van der Waals surface area (Å²) in [5, 5.41) is 2.53. The van der Waals surface area contributed by atoms with Crippen LogP contribution in [0.3, 0.4) is 0 Å². The Morgan fingerprint density at radius 3 is 2.57 bits per heavy atom. The lowest BCUT2D eigenvalue weighted by Crippen LogP contribution is -2.54. The van der Waals surface area contributed by atoms with E-state index in [-0.39, 0.29) is 23.9 Å². The number of piperidine rings is 1. The van der Waals surface area contributed by atoms with E-state index >= 15 is 0 Å². The van der Waals surface area contributed by atoms with Gasteiger partial charge in [-0.25, -0.2) is 4.79 Å². The molecule has 3 aliphatic rings. The van der Waals surface area contributed by atoms with Gasteiger partial charge < -0.3 is 14.5 Å². The number of amides is 3. The van der Waals surface area contributed by atoms with Gasteiger partial charge in [0.25, 0.3) is 0 Å². The Morgan fingerprint density at radius 2 is 1.90 bits per heavy atom. The fourth-order valence-electron chi connectivity index (χ4n) is 4.99. The second-order valence-electron chi connectivity index (χ2n) is 9.77. The van der Waals surface area contributed by atoms with Crippen molar-refractivity contribution in [3.8, 4) is 0 Å². The highest BCUT2D eigenvalue weighted by molar-refractivity contribution is 6.04. The van der Waals surface area contributed by atoms with E-state index in [2.05, 4.69) is 35.3 Å². The van der Waals surface area contributed by atoms with Crippen molar-refractivity contribution in [3.05, 3.63) is 29.3 Å². The Hall–Kier alpha value is -2.57. The molecule has 1 spiro atoms. The molecule has 0 aromatic heterocycles. The number of ether oxygens (including phenoxy) is 1. The van der Waals surface area contributed by atoms with E-state index in [4.69, 9.17) is 4.74 Å². The van der Waals surface area contributed by atoms with Crippen molar-refractivity contribution in [3.63, 3.8) is 0 Å². The number of fused-ring (bicyclic) bond motifs is 2. The molecule has 4 rings (SSSR count). The minimum Gasteiger partial charge on any atom is -0.444 e. The van der Waals surface area contributed by atoms with Gasteiger partial charge in [-0.05, 0) is 70.2 Å². The first-order chi connectivity index (χ1) is 14.1. The fourth-order valence-corrected chi connectivity index (χ4v) is 4.99. The molecule has 0 saturated carbocycles. The van der Waals surface area contributed by atoms with Crippen LogP contribution >= 0.6 is 0 Å². The smallest absolute Gasteiger partial charge is 0.410 e. The highest BCUT2D eigenvalue weighted by Crippen LogP contribution is 2.45. The van der Waals surface area contributed by atoms with Crippen LogP contribution in [-0.2, 0) is 26.2 Å². The normalized spacial score (nSPS) is 26.6. The third kappa shape index (κ3) is 3.66. The molecule has 0 radical (unpaired) electrons. The highest BCUT2D eigenvalue weighted by Gasteiger charge is 2.48. The molecule has 30 heavy (non-hydrogen) atoms. The van der Waals surface area contributed by atoms with Crippen molar-refractivity contribution in [1.29, 1.82) is 0 Å². The van der Waals surface area contributed by atoms with Crippen molar-refractivity contribution in [2.45, 2.75) is 70.4 Å². The molecular weight excluding hydrogens is 382 g/mol. The number of nitrogens with zero attached hydrogens (tertiary/aromatic N) is 2. The van der Waals surface area contributed by atoms with E-state index in [1.165, 1.54) is 5.56 Å². The predicted octanol–water partition coefficient (Wildman–Crippen LogP) is 2.75. The number of anilines is 1. The molecule has 1 N–H and O–H groups in total. The number of piperazine rings is 1. The van der Waals surface area contributed by atoms with Gasteiger partial charge in [0.1, 0.15) is 5.60 Å². The average molecular weight is 414 g/mol. The van der Waals surface area contributed by atoms with Crippen LogP contribution in [0.4, 0.5) is 10.5 Å². The molecule has 1 aromatic carbocycles. The van der Waals surface area contributed by atoms with E-state index in [0.717, 1.165) is 30.6 Å². The zero-order chi connectivity index (χ0) is 21.7. The summed E-state index contributed by atoms with van der Waals surface area (Å²) in [6.07, 6.45) is 2.33. The van der Waals surface area contributed by atoms with Gasteiger partial charge in [-0.2, -0.15) is 0 Å². The van der Waals surface area contributed by atoms with E-state index in [1.54, 1.807) is 4.90 Å². The van der Waals surface area contributed by atoms with E-state index in [1.807, 2.05) is 20.8 Å². The van der Waals surface area contributed by atoms with Crippen molar-refractivity contribution in [2.24, 2.45) is 0 Å². The van der Waals surface area contributed by atoms with E-state index < -0.39 is 11.0 Å². The van der Waals surface area contributed by atoms with Crippen molar-refractivity contribution in [2.75, 3.05) is 24.5 Å². The number of nitrogens with one attached hydrogen (secondary N) is 1. The van der Waals surface area contributed by atoms with Crippen LogP contribution in [-0.4, -0.2) is 54.1 Å². The first kappa shape index (κ1) is 20.7.